The van der Waals surface area contributed by atoms with Gasteiger partial charge in [-0.05, 0) is 100 Å². The summed E-state index contributed by atoms with van der Waals surface area (Å²) in [6.45, 7) is 14.7. The maximum atomic E-state index is 10.6. The predicted octanol–water partition coefficient (Wildman–Crippen LogP) is 6.09. The molecule has 3 aliphatic carbocycles. The van der Waals surface area contributed by atoms with Gasteiger partial charge in [-0.15, -0.1) is 0 Å². The third-order valence-corrected chi connectivity index (χ3v) is 8.80. The summed E-state index contributed by atoms with van der Waals surface area (Å²) in [6.07, 6.45) is 14.4. The lowest BCUT2D eigenvalue weighted by atomic mass is 9.60. The van der Waals surface area contributed by atoms with Gasteiger partial charge in [0.2, 0.25) is 0 Å². The maximum absolute atomic E-state index is 10.6. The van der Waals surface area contributed by atoms with Gasteiger partial charge in [0.05, 0.1) is 17.3 Å². The van der Waals surface area contributed by atoms with Crippen LogP contribution in [0.4, 0.5) is 0 Å². The van der Waals surface area contributed by atoms with Crippen molar-refractivity contribution in [3.63, 3.8) is 0 Å². The Kier molecular flexibility index (Phi) is 7.30. The summed E-state index contributed by atoms with van der Waals surface area (Å²) in [5.74, 6) is 2.09. The van der Waals surface area contributed by atoms with E-state index in [1.807, 2.05) is 13.8 Å². The highest BCUT2D eigenvalue weighted by Crippen LogP contribution is 2.60. The molecular formula is C28H46O3. The zero-order valence-corrected chi connectivity index (χ0v) is 20.6. The lowest BCUT2D eigenvalue weighted by Gasteiger charge is -2.44. The monoisotopic (exact) mass is 430 g/mol. The van der Waals surface area contributed by atoms with Gasteiger partial charge in [-0.25, -0.2) is 0 Å². The molecule has 3 nitrogen and oxygen atoms in total. The largest absolute Gasteiger partial charge is 0.393 e. The van der Waals surface area contributed by atoms with Crippen LogP contribution in [0.5, 0.6) is 0 Å². The van der Waals surface area contributed by atoms with E-state index in [0.29, 0.717) is 30.1 Å². The lowest BCUT2D eigenvalue weighted by molar-refractivity contribution is 0.0204. The summed E-state index contributed by atoms with van der Waals surface area (Å²) in [4.78, 5) is 0. The van der Waals surface area contributed by atoms with Gasteiger partial charge in [0.1, 0.15) is 0 Å². The van der Waals surface area contributed by atoms with Crippen LogP contribution in [-0.2, 0) is 0 Å². The third-order valence-electron chi connectivity index (χ3n) is 8.80. The second kappa shape index (κ2) is 9.15. The van der Waals surface area contributed by atoms with Crippen molar-refractivity contribution in [2.75, 3.05) is 0 Å². The summed E-state index contributed by atoms with van der Waals surface area (Å²) in [5.41, 5.74) is 2.11. The molecule has 0 heterocycles. The van der Waals surface area contributed by atoms with Gasteiger partial charge in [-0.2, -0.15) is 0 Å². The first kappa shape index (κ1) is 24.7. The average molecular weight is 431 g/mol. The quantitative estimate of drug-likeness (QED) is 0.477. The summed E-state index contributed by atoms with van der Waals surface area (Å²) >= 11 is 0. The maximum Gasteiger partial charge on any atom is 0.0890 e. The molecule has 0 aromatic rings. The van der Waals surface area contributed by atoms with Gasteiger partial charge >= 0.3 is 0 Å². The van der Waals surface area contributed by atoms with Gasteiger partial charge in [0.15, 0.2) is 0 Å². The van der Waals surface area contributed by atoms with E-state index >= 15 is 0 Å². The van der Waals surface area contributed by atoms with Crippen LogP contribution < -0.4 is 0 Å². The Labute approximate surface area is 190 Å². The predicted molar refractivity (Wildman–Crippen MR) is 129 cm³/mol. The van der Waals surface area contributed by atoms with Crippen LogP contribution in [0, 0.1) is 23.2 Å². The molecule has 3 saturated carbocycles. The van der Waals surface area contributed by atoms with E-state index in [1.54, 1.807) is 12.5 Å². The first-order valence-corrected chi connectivity index (χ1v) is 12.6. The number of fused-ring (bicyclic) bond motifs is 1. The van der Waals surface area contributed by atoms with E-state index in [-0.39, 0.29) is 0 Å². The van der Waals surface area contributed by atoms with Gasteiger partial charge in [0.25, 0.3) is 0 Å². The van der Waals surface area contributed by atoms with Crippen LogP contribution in [0.1, 0.15) is 98.8 Å². The Bertz CT molecular complexity index is 723. The molecule has 3 fully saturated rings. The number of aliphatic hydroxyl groups is 3. The van der Waals surface area contributed by atoms with Crippen LogP contribution >= 0.6 is 0 Å². The van der Waals surface area contributed by atoms with Gasteiger partial charge in [0, 0.05) is 6.42 Å². The molecule has 0 spiro atoms. The first-order chi connectivity index (χ1) is 14.3. The Balaban J connectivity index is 1.72. The Morgan fingerprint density at radius 2 is 1.94 bits per heavy atom. The third kappa shape index (κ3) is 5.54. The number of hydrogen-bond acceptors (Lipinski definition) is 3. The normalized spacial score (nSPS) is 40.4. The fourth-order valence-corrected chi connectivity index (χ4v) is 7.03. The molecular weight excluding hydrogens is 384 g/mol. The lowest BCUT2D eigenvalue weighted by Crippen LogP contribution is -2.37. The molecule has 31 heavy (non-hydrogen) atoms. The molecule has 0 aromatic carbocycles. The molecule has 0 radical (unpaired) electrons. The average Bonchev–Trinajstić information content (AvgIpc) is 2.99. The van der Waals surface area contributed by atoms with Crippen LogP contribution in [0.3, 0.4) is 0 Å². The molecule has 0 aliphatic heterocycles. The second-order valence-electron chi connectivity index (χ2n) is 12.0. The van der Waals surface area contributed by atoms with Crippen molar-refractivity contribution >= 4 is 0 Å². The highest BCUT2D eigenvalue weighted by Gasteiger charge is 2.50. The molecule has 176 valence electrons. The fourth-order valence-electron chi connectivity index (χ4n) is 7.03. The summed E-state index contributed by atoms with van der Waals surface area (Å²) in [6, 6.07) is 0. The topological polar surface area (TPSA) is 60.7 Å². The molecule has 3 heteroatoms. The number of hydrogen-bond donors (Lipinski definition) is 3. The van der Waals surface area contributed by atoms with Crippen LogP contribution in [0.25, 0.3) is 0 Å². The van der Waals surface area contributed by atoms with Crippen LogP contribution in [-0.4, -0.2) is 32.6 Å². The molecule has 0 bridgehead atoms. The zero-order valence-electron chi connectivity index (χ0n) is 20.6. The van der Waals surface area contributed by atoms with E-state index in [0.717, 1.165) is 36.3 Å². The van der Waals surface area contributed by atoms with Gasteiger partial charge in [-0.1, -0.05) is 51.0 Å². The van der Waals surface area contributed by atoms with E-state index in [4.69, 9.17) is 0 Å². The number of rotatable bonds is 6. The molecule has 0 aromatic heterocycles. The van der Waals surface area contributed by atoms with E-state index in [1.165, 1.54) is 32.1 Å². The molecule has 0 saturated heterocycles. The van der Waals surface area contributed by atoms with E-state index in [9.17, 15) is 15.3 Å². The molecule has 3 rings (SSSR count). The van der Waals surface area contributed by atoms with Crippen molar-refractivity contribution < 1.29 is 15.3 Å². The first-order valence-electron chi connectivity index (χ1n) is 12.6. The fraction of sp³-hybridized carbons (Fsp3) is 0.786. The smallest absolute Gasteiger partial charge is 0.0890 e. The standard InChI is InChI=1S/C28H46O3/c1-19(9-7-15-26(3,4)30)24-13-14-25-21(10-8-16-27(24,25)5)11-12-22-17-23(29)18-28(6,31)20(22)2/h11-12,19,23-25,29-31H,2,7-10,13-18H2,1,3-6H3/t19-,23-,24-,25?,27-,28+/m1/s1. The van der Waals surface area contributed by atoms with Crippen molar-refractivity contribution in [3.8, 4) is 0 Å². The zero-order chi connectivity index (χ0) is 23.0. The molecule has 6 atom stereocenters. The molecule has 0 amide bonds. The number of allylic oxidation sites excluding steroid dienone is 3. The van der Waals surface area contributed by atoms with Crippen molar-refractivity contribution in [1.29, 1.82) is 0 Å². The molecule has 1 unspecified atom stereocenters. The van der Waals surface area contributed by atoms with Crippen molar-refractivity contribution in [1.82, 2.24) is 0 Å². The molecule has 3 N–H and O–H groups in total. The minimum absolute atomic E-state index is 0.366. The minimum atomic E-state index is -1.01. The Hall–Kier alpha value is -0.900. The summed E-state index contributed by atoms with van der Waals surface area (Å²) in [7, 11) is 0. The minimum Gasteiger partial charge on any atom is -0.393 e. The highest BCUT2D eigenvalue weighted by molar-refractivity contribution is 5.41. The summed E-state index contributed by atoms with van der Waals surface area (Å²) in [5, 5.41) is 30.8. The van der Waals surface area contributed by atoms with Crippen LogP contribution in [0.15, 0.2) is 35.5 Å². The van der Waals surface area contributed by atoms with Crippen molar-refractivity contribution in [2.24, 2.45) is 23.2 Å². The molecule has 3 aliphatic rings. The van der Waals surface area contributed by atoms with Gasteiger partial charge in [-0.3, -0.25) is 0 Å². The number of aliphatic hydroxyl groups excluding tert-OH is 1. The van der Waals surface area contributed by atoms with Crippen molar-refractivity contribution in [3.05, 3.63) is 35.5 Å². The van der Waals surface area contributed by atoms with Crippen molar-refractivity contribution in [2.45, 2.75) is 116 Å². The van der Waals surface area contributed by atoms with Gasteiger partial charge < -0.3 is 15.3 Å². The summed E-state index contributed by atoms with van der Waals surface area (Å²) < 4.78 is 0. The highest BCUT2D eigenvalue weighted by atomic mass is 16.3. The SMILES string of the molecule is C=C1C(=CC=C2CCC[C@@]3(C)C2CC[C@@H]3[C@H](C)CCCC(C)(C)O)C[C@@H](O)C[C@]1(C)O. The Morgan fingerprint density at radius 1 is 1.23 bits per heavy atom. The van der Waals surface area contributed by atoms with E-state index in [2.05, 4.69) is 32.6 Å². The van der Waals surface area contributed by atoms with E-state index < -0.39 is 17.3 Å². The van der Waals surface area contributed by atoms with Crippen LogP contribution in [0.2, 0.25) is 0 Å². The Morgan fingerprint density at radius 3 is 2.61 bits per heavy atom. The second-order valence-corrected chi connectivity index (χ2v) is 12.0.